The second-order valence-corrected chi connectivity index (χ2v) is 6.11. The van der Waals surface area contributed by atoms with Gasteiger partial charge in [0.25, 0.3) is 0 Å². The molecule has 0 spiro atoms. The first kappa shape index (κ1) is 13.7. The molecule has 0 amide bonds. The number of halogens is 1. The summed E-state index contributed by atoms with van der Waals surface area (Å²) in [5.41, 5.74) is 7.28. The van der Waals surface area contributed by atoms with Crippen molar-refractivity contribution in [3.8, 4) is 0 Å². The number of benzene rings is 1. The predicted octanol–water partition coefficient (Wildman–Crippen LogP) is 4.16. The highest BCUT2D eigenvalue weighted by Gasteiger charge is 2.19. The van der Waals surface area contributed by atoms with E-state index in [-0.39, 0.29) is 0 Å². The Morgan fingerprint density at radius 3 is 2.85 bits per heavy atom. The third-order valence-corrected chi connectivity index (χ3v) is 4.46. The molecular weight excluding hydrogens is 276 g/mol. The summed E-state index contributed by atoms with van der Waals surface area (Å²) >= 11 is 6.27. The van der Waals surface area contributed by atoms with Gasteiger partial charge in [0.05, 0.1) is 18.1 Å². The van der Waals surface area contributed by atoms with E-state index in [9.17, 15) is 0 Å². The molecule has 1 saturated carbocycles. The minimum absolute atomic E-state index is 0.345. The van der Waals surface area contributed by atoms with E-state index in [4.69, 9.17) is 26.6 Å². The Morgan fingerprint density at radius 2 is 2.10 bits per heavy atom. The Hall–Kier alpha value is -1.26. The number of hydrogen-bond acceptors (Lipinski definition) is 4. The van der Waals surface area contributed by atoms with E-state index in [0.717, 1.165) is 29.7 Å². The maximum atomic E-state index is 6.27. The van der Waals surface area contributed by atoms with Crippen molar-refractivity contribution < 1.29 is 9.26 Å². The molecule has 1 aromatic carbocycles. The zero-order valence-electron chi connectivity index (χ0n) is 11.6. The van der Waals surface area contributed by atoms with Crippen LogP contribution in [0.5, 0.6) is 0 Å². The quantitative estimate of drug-likeness (QED) is 0.923. The van der Waals surface area contributed by atoms with Crippen LogP contribution >= 0.6 is 11.6 Å². The number of ether oxygens (including phenoxy) is 1. The lowest BCUT2D eigenvalue weighted by Crippen LogP contribution is -2.20. The second kappa shape index (κ2) is 5.62. The van der Waals surface area contributed by atoms with Crippen molar-refractivity contribution >= 4 is 28.4 Å². The van der Waals surface area contributed by atoms with Gasteiger partial charge in [-0.15, -0.1) is 0 Å². The number of hydrogen-bond donors (Lipinski definition) is 1. The molecule has 0 atom stereocenters. The molecule has 2 aromatic rings. The monoisotopic (exact) mass is 294 g/mol. The first-order chi connectivity index (χ1) is 9.63. The minimum Gasteiger partial charge on any atom is -0.380 e. The van der Waals surface area contributed by atoms with Crippen LogP contribution in [0.1, 0.15) is 38.2 Å². The summed E-state index contributed by atoms with van der Waals surface area (Å²) in [5, 5.41) is 5.14. The maximum absolute atomic E-state index is 6.27. The van der Waals surface area contributed by atoms with Crippen LogP contribution in [0, 0.1) is 5.92 Å². The summed E-state index contributed by atoms with van der Waals surface area (Å²) in [4.78, 5) is 0. The summed E-state index contributed by atoms with van der Waals surface area (Å²) in [6.07, 6.45) is 5.11. The maximum Gasteiger partial charge on any atom is 0.174 e. The zero-order chi connectivity index (χ0) is 14.1. The molecule has 1 aromatic heterocycles. The van der Waals surface area contributed by atoms with E-state index < -0.39 is 0 Å². The van der Waals surface area contributed by atoms with Crippen molar-refractivity contribution in [2.24, 2.45) is 5.92 Å². The molecule has 0 unspecified atom stereocenters. The molecule has 2 N–H and O–H groups in total. The van der Waals surface area contributed by atoms with Crippen molar-refractivity contribution in [1.82, 2.24) is 5.16 Å². The predicted molar refractivity (Wildman–Crippen MR) is 79.6 cm³/mol. The van der Waals surface area contributed by atoms with Crippen molar-refractivity contribution in [3.63, 3.8) is 0 Å². The molecule has 4 nitrogen and oxygen atoms in total. The number of nitrogen functional groups attached to an aromatic ring is 1. The molecule has 0 saturated heterocycles. The molecular formula is C15H19ClN2O2. The van der Waals surface area contributed by atoms with Gasteiger partial charge < -0.3 is 15.0 Å². The fourth-order valence-corrected chi connectivity index (χ4v) is 2.95. The Balaban J connectivity index is 1.69. The SMILES string of the molecule is CC1CCC(OCc2cc3onc(N)c3cc2Cl)CC1. The normalized spacial score (nSPS) is 23.3. The molecule has 5 heteroatoms. The Morgan fingerprint density at radius 1 is 1.35 bits per heavy atom. The first-order valence-corrected chi connectivity index (χ1v) is 7.46. The van der Waals surface area contributed by atoms with Crippen molar-refractivity contribution in [1.29, 1.82) is 0 Å². The molecule has 108 valence electrons. The number of fused-ring (bicyclic) bond motifs is 1. The van der Waals surface area contributed by atoms with E-state index in [1.165, 1.54) is 12.8 Å². The molecule has 3 rings (SSSR count). The average molecular weight is 295 g/mol. The van der Waals surface area contributed by atoms with Crippen LogP contribution in [0.25, 0.3) is 11.0 Å². The van der Waals surface area contributed by atoms with E-state index in [0.29, 0.717) is 29.1 Å². The van der Waals surface area contributed by atoms with Gasteiger partial charge in [0, 0.05) is 10.6 Å². The molecule has 1 heterocycles. The van der Waals surface area contributed by atoms with Crippen molar-refractivity contribution in [3.05, 3.63) is 22.7 Å². The minimum atomic E-state index is 0.345. The molecule has 20 heavy (non-hydrogen) atoms. The first-order valence-electron chi connectivity index (χ1n) is 7.08. The summed E-state index contributed by atoms with van der Waals surface area (Å²) in [7, 11) is 0. The number of nitrogens with zero attached hydrogens (tertiary/aromatic N) is 1. The molecule has 1 aliphatic rings. The summed E-state index contributed by atoms with van der Waals surface area (Å²) in [6.45, 7) is 2.81. The highest BCUT2D eigenvalue weighted by atomic mass is 35.5. The van der Waals surface area contributed by atoms with Gasteiger partial charge in [0.1, 0.15) is 0 Å². The highest BCUT2D eigenvalue weighted by molar-refractivity contribution is 6.32. The van der Waals surface area contributed by atoms with Crippen LogP contribution in [0.3, 0.4) is 0 Å². The number of nitrogens with two attached hydrogens (primary N) is 1. The number of rotatable bonds is 3. The third-order valence-electron chi connectivity index (χ3n) is 4.10. The van der Waals surface area contributed by atoms with Gasteiger partial charge in [-0.05, 0) is 43.7 Å². The Bertz CT molecular complexity index is 603. The van der Waals surface area contributed by atoms with Crippen molar-refractivity contribution in [2.45, 2.75) is 45.3 Å². The molecule has 0 bridgehead atoms. The van der Waals surface area contributed by atoms with E-state index in [1.807, 2.05) is 6.07 Å². The van der Waals surface area contributed by atoms with Gasteiger partial charge in [0.15, 0.2) is 11.4 Å². The largest absolute Gasteiger partial charge is 0.380 e. The van der Waals surface area contributed by atoms with Gasteiger partial charge in [0.2, 0.25) is 0 Å². The van der Waals surface area contributed by atoms with Crippen molar-refractivity contribution in [2.75, 3.05) is 5.73 Å². The molecule has 0 radical (unpaired) electrons. The molecule has 1 fully saturated rings. The topological polar surface area (TPSA) is 61.3 Å². The van der Waals surface area contributed by atoms with Gasteiger partial charge in [-0.2, -0.15) is 0 Å². The summed E-state index contributed by atoms with van der Waals surface area (Å²) in [5.74, 6) is 1.20. The Kier molecular flexibility index (Phi) is 3.85. The van der Waals surface area contributed by atoms with Crippen LogP contribution in [0.4, 0.5) is 5.82 Å². The smallest absolute Gasteiger partial charge is 0.174 e. The van der Waals surface area contributed by atoms with E-state index >= 15 is 0 Å². The number of aromatic nitrogens is 1. The van der Waals surface area contributed by atoms with Crippen LogP contribution in [0.15, 0.2) is 16.7 Å². The number of anilines is 1. The highest BCUT2D eigenvalue weighted by Crippen LogP contribution is 2.30. The van der Waals surface area contributed by atoms with Crippen LogP contribution < -0.4 is 5.73 Å². The summed E-state index contributed by atoms with van der Waals surface area (Å²) in [6, 6.07) is 3.66. The van der Waals surface area contributed by atoms with Crippen LogP contribution in [0.2, 0.25) is 5.02 Å². The fourth-order valence-electron chi connectivity index (χ4n) is 2.73. The van der Waals surface area contributed by atoms with Gasteiger partial charge in [-0.3, -0.25) is 0 Å². The molecule has 1 aliphatic carbocycles. The molecule has 0 aliphatic heterocycles. The van der Waals surface area contributed by atoms with E-state index in [2.05, 4.69) is 12.1 Å². The van der Waals surface area contributed by atoms with E-state index in [1.54, 1.807) is 6.07 Å². The lowest BCUT2D eigenvalue weighted by Gasteiger charge is -2.26. The second-order valence-electron chi connectivity index (χ2n) is 5.70. The lowest BCUT2D eigenvalue weighted by atomic mass is 9.89. The van der Waals surface area contributed by atoms with Crippen LogP contribution in [-0.4, -0.2) is 11.3 Å². The average Bonchev–Trinajstić information content (AvgIpc) is 2.79. The summed E-state index contributed by atoms with van der Waals surface area (Å²) < 4.78 is 11.1. The fraction of sp³-hybridized carbons (Fsp3) is 0.533. The van der Waals surface area contributed by atoms with Gasteiger partial charge in [-0.1, -0.05) is 23.7 Å². The van der Waals surface area contributed by atoms with Gasteiger partial charge in [-0.25, -0.2) is 0 Å². The lowest BCUT2D eigenvalue weighted by molar-refractivity contribution is 0.00882. The van der Waals surface area contributed by atoms with Gasteiger partial charge >= 0.3 is 0 Å². The van der Waals surface area contributed by atoms with Crippen LogP contribution in [-0.2, 0) is 11.3 Å². The Labute approximate surface area is 123 Å². The third kappa shape index (κ3) is 2.76. The zero-order valence-corrected chi connectivity index (χ0v) is 12.3. The standard InChI is InChI=1S/C15H19ClN2O2/c1-9-2-4-11(5-3-9)19-8-10-6-14-12(7-13(10)16)15(17)18-20-14/h6-7,9,11H,2-5,8H2,1H3,(H2,17,18).